The van der Waals surface area contributed by atoms with Crippen molar-refractivity contribution < 1.29 is 4.79 Å². The molecular formula is C13H24OS. The Hall–Kier alpha value is 0.0200. The molecule has 0 heterocycles. The van der Waals surface area contributed by atoms with Gasteiger partial charge in [0, 0.05) is 6.42 Å². The van der Waals surface area contributed by atoms with Gasteiger partial charge in [0.05, 0.1) is 5.25 Å². The van der Waals surface area contributed by atoms with E-state index in [1.54, 1.807) is 0 Å². The minimum Gasteiger partial charge on any atom is -0.298 e. The van der Waals surface area contributed by atoms with Gasteiger partial charge in [0.2, 0.25) is 0 Å². The quantitative estimate of drug-likeness (QED) is 0.616. The molecule has 1 nitrogen and oxygen atoms in total. The molecule has 1 rings (SSSR count). The Labute approximate surface area is 99.4 Å². The summed E-state index contributed by atoms with van der Waals surface area (Å²) in [6.07, 6.45) is 13.3. The molecule has 0 aromatic rings. The van der Waals surface area contributed by atoms with Crippen molar-refractivity contribution >= 4 is 18.4 Å². The second kappa shape index (κ2) is 8.20. The highest BCUT2D eigenvalue weighted by Gasteiger charge is 2.12. The average molecular weight is 228 g/mol. The Kier molecular flexibility index (Phi) is 7.16. The van der Waals surface area contributed by atoms with E-state index in [1.807, 2.05) is 0 Å². The van der Waals surface area contributed by atoms with Crippen molar-refractivity contribution in [2.45, 2.75) is 75.9 Å². The maximum absolute atomic E-state index is 11.6. The van der Waals surface area contributed by atoms with Gasteiger partial charge in [-0.2, -0.15) is 12.6 Å². The summed E-state index contributed by atoms with van der Waals surface area (Å²) < 4.78 is 0. The van der Waals surface area contributed by atoms with Gasteiger partial charge in [-0.3, -0.25) is 4.79 Å². The van der Waals surface area contributed by atoms with Crippen molar-refractivity contribution in [3.8, 4) is 0 Å². The minimum atomic E-state index is 0.0192. The van der Waals surface area contributed by atoms with Gasteiger partial charge < -0.3 is 0 Å². The highest BCUT2D eigenvalue weighted by Crippen LogP contribution is 2.17. The van der Waals surface area contributed by atoms with Gasteiger partial charge in [-0.1, -0.05) is 51.4 Å². The van der Waals surface area contributed by atoms with Crippen LogP contribution in [0.5, 0.6) is 0 Å². The fraction of sp³-hybridized carbons (Fsp3) is 0.923. The number of ketones is 1. The van der Waals surface area contributed by atoms with E-state index in [0.717, 1.165) is 19.3 Å². The summed E-state index contributed by atoms with van der Waals surface area (Å²) in [6, 6.07) is 0. The Morgan fingerprint density at radius 2 is 1.27 bits per heavy atom. The second-order valence-corrected chi connectivity index (χ2v) is 5.33. The summed E-state index contributed by atoms with van der Waals surface area (Å²) in [7, 11) is 0. The zero-order valence-corrected chi connectivity index (χ0v) is 10.6. The van der Waals surface area contributed by atoms with Gasteiger partial charge in [0.15, 0.2) is 0 Å². The van der Waals surface area contributed by atoms with E-state index in [-0.39, 0.29) is 5.25 Å². The van der Waals surface area contributed by atoms with Gasteiger partial charge >= 0.3 is 0 Å². The number of Topliss-reactive ketones (excluding diaryl/α,β-unsaturated/α-hetero) is 1. The van der Waals surface area contributed by atoms with Crippen LogP contribution >= 0.6 is 12.6 Å². The van der Waals surface area contributed by atoms with Crippen LogP contribution < -0.4 is 0 Å². The maximum atomic E-state index is 11.6. The zero-order valence-electron chi connectivity index (χ0n) is 9.71. The molecule has 15 heavy (non-hydrogen) atoms. The van der Waals surface area contributed by atoms with E-state index in [2.05, 4.69) is 12.6 Å². The second-order valence-electron chi connectivity index (χ2n) is 4.70. The fourth-order valence-electron chi connectivity index (χ4n) is 2.20. The molecule has 0 saturated heterocycles. The molecule has 1 aliphatic rings. The lowest BCUT2D eigenvalue weighted by molar-refractivity contribution is -0.118. The minimum absolute atomic E-state index is 0.0192. The molecular weight excluding hydrogens is 204 g/mol. The van der Waals surface area contributed by atoms with Crippen LogP contribution in [0.3, 0.4) is 0 Å². The molecule has 0 aromatic carbocycles. The van der Waals surface area contributed by atoms with Crippen LogP contribution in [0.4, 0.5) is 0 Å². The molecule has 1 fully saturated rings. The van der Waals surface area contributed by atoms with Gasteiger partial charge in [0.25, 0.3) is 0 Å². The van der Waals surface area contributed by atoms with Crippen LogP contribution in [-0.4, -0.2) is 11.0 Å². The van der Waals surface area contributed by atoms with Crippen LogP contribution in [0.2, 0.25) is 0 Å². The standard InChI is InChI=1S/C13H24OS/c14-12-10-8-6-4-2-1-3-5-7-9-11-13(12)15/h13,15H,1-11H2. The third kappa shape index (κ3) is 6.24. The first-order chi connectivity index (χ1) is 7.30. The van der Waals surface area contributed by atoms with Crippen LogP contribution in [0.15, 0.2) is 0 Å². The molecule has 1 unspecified atom stereocenters. The Morgan fingerprint density at radius 3 is 1.87 bits per heavy atom. The van der Waals surface area contributed by atoms with Crippen LogP contribution in [0, 0.1) is 0 Å². The van der Waals surface area contributed by atoms with E-state index in [4.69, 9.17) is 0 Å². The third-order valence-electron chi connectivity index (χ3n) is 3.27. The van der Waals surface area contributed by atoms with Crippen molar-refractivity contribution in [2.24, 2.45) is 0 Å². The van der Waals surface area contributed by atoms with Crippen LogP contribution in [-0.2, 0) is 4.79 Å². The van der Waals surface area contributed by atoms with E-state index in [9.17, 15) is 4.79 Å². The Bertz CT molecular complexity index is 179. The third-order valence-corrected chi connectivity index (χ3v) is 3.82. The molecule has 0 spiro atoms. The number of rotatable bonds is 0. The van der Waals surface area contributed by atoms with Gasteiger partial charge in [0.1, 0.15) is 5.78 Å². The molecule has 88 valence electrons. The van der Waals surface area contributed by atoms with E-state index in [1.165, 1.54) is 51.4 Å². The summed E-state index contributed by atoms with van der Waals surface area (Å²) in [5, 5.41) is 0.0192. The average Bonchev–Trinajstić information content (AvgIpc) is 2.25. The molecule has 0 N–H and O–H groups in total. The highest BCUT2D eigenvalue weighted by molar-refractivity contribution is 7.81. The molecule has 0 aliphatic heterocycles. The summed E-state index contributed by atoms with van der Waals surface area (Å²) >= 11 is 4.40. The normalized spacial score (nSPS) is 27.5. The van der Waals surface area contributed by atoms with Gasteiger partial charge in [-0.25, -0.2) is 0 Å². The SMILES string of the molecule is O=C1CCCCCCCCCCCC1S. The van der Waals surface area contributed by atoms with Crippen molar-refractivity contribution in [3.63, 3.8) is 0 Å². The first-order valence-electron chi connectivity index (χ1n) is 6.51. The molecule has 0 aromatic heterocycles. The lowest BCUT2D eigenvalue weighted by Crippen LogP contribution is -2.14. The van der Waals surface area contributed by atoms with E-state index >= 15 is 0 Å². The molecule has 1 aliphatic carbocycles. The Balaban J connectivity index is 2.27. The predicted octanol–water partition coefficient (Wildman–Crippen LogP) is 4.16. The zero-order chi connectivity index (χ0) is 10.9. The first kappa shape index (κ1) is 13.1. The number of hydrogen-bond acceptors (Lipinski definition) is 2. The van der Waals surface area contributed by atoms with Crippen molar-refractivity contribution in [1.82, 2.24) is 0 Å². The lowest BCUT2D eigenvalue weighted by Gasteiger charge is -2.08. The number of carbonyl (C=O) groups is 1. The summed E-state index contributed by atoms with van der Waals surface area (Å²) in [5.74, 6) is 0.373. The molecule has 0 bridgehead atoms. The highest BCUT2D eigenvalue weighted by atomic mass is 32.1. The molecule has 2 heteroatoms. The number of thiol groups is 1. The monoisotopic (exact) mass is 228 g/mol. The van der Waals surface area contributed by atoms with Crippen molar-refractivity contribution in [1.29, 1.82) is 0 Å². The maximum Gasteiger partial charge on any atom is 0.145 e. The van der Waals surface area contributed by atoms with E-state index < -0.39 is 0 Å². The number of hydrogen-bond donors (Lipinski definition) is 1. The number of carbonyl (C=O) groups excluding carboxylic acids is 1. The summed E-state index contributed by atoms with van der Waals surface area (Å²) in [4.78, 5) is 11.6. The van der Waals surface area contributed by atoms with Gasteiger partial charge in [-0.15, -0.1) is 0 Å². The van der Waals surface area contributed by atoms with E-state index in [0.29, 0.717) is 5.78 Å². The lowest BCUT2D eigenvalue weighted by atomic mass is 10.0. The topological polar surface area (TPSA) is 17.1 Å². The summed E-state index contributed by atoms with van der Waals surface area (Å²) in [5.41, 5.74) is 0. The smallest absolute Gasteiger partial charge is 0.145 e. The van der Waals surface area contributed by atoms with Crippen LogP contribution in [0.1, 0.15) is 70.6 Å². The van der Waals surface area contributed by atoms with Crippen LogP contribution in [0.25, 0.3) is 0 Å². The molecule has 1 saturated carbocycles. The predicted molar refractivity (Wildman–Crippen MR) is 68.6 cm³/mol. The fourth-order valence-corrected chi connectivity index (χ4v) is 2.51. The molecule has 1 atom stereocenters. The summed E-state index contributed by atoms with van der Waals surface area (Å²) in [6.45, 7) is 0. The first-order valence-corrected chi connectivity index (χ1v) is 7.03. The van der Waals surface area contributed by atoms with Gasteiger partial charge in [-0.05, 0) is 12.8 Å². The van der Waals surface area contributed by atoms with Crippen molar-refractivity contribution in [2.75, 3.05) is 0 Å². The largest absolute Gasteiger partial charge is 0.298 e. The Morgan fingerprint density at radius 1 is 0.800 bits per heavy atom. The molecule has 0 radical (unpaired) electrons. The molecule has 0 amide bonds. The van der Waals surface area contributed by atoms with Crippen molar-refractivity contribution in [3.05, 3.63) is 0 Å².